The zero-order valence-corrected chi connectivity index (χ0v) is 23.0. The Hall–Kier alpha value is -5.75. The lowest BCUT2D eigenvalue weighted by atomic mass is 10.1. The van der Waals surface area contributed by atoms with Crippen molar-refractivity contribution in [2.24, 2.45) is 0 Å². The number of carbonyl (C=O) groups is 2. The summed E-state index contributed by atoms with van der Waals surface area (Å²) in [6.45, 7) is 0.234. The van der Waals surface area contributed by atoms with E-state index in [4.69, 9.17) is 19.4 Å². The summed E-state index contributed by atoms with van der Waals surface area (Å²) in [4.78, 5) is 40.9. The monoisotopic (exact) mass is 581 g/mol. The second kappa shape index (κ2) is 13.3. The highest BCUT2D eigenvalue weighted by Gasteiger charge is 2.15. The first-order chi connectivity index (χ1) is 20.9. The average Bonchev–Trinajstić information content (AvgIpc) is 3.04. The van der Waals surface area contributed by atoms with Crippen molar-refractivity contribution < 1.29 is 29.0 Å². The fraction of sp³-hybridized carbons (Fsp3) is 0.129. The second-order valence-electron chi connectivity index (χ2n) is 9.21. The van der Waals surface area contributed by atoms with Crippen molar-refractivity contribution in [3.63, 3.8) is 0 Å². The van der Waals surface area contributed by atoms with E-state index in [2.05, 4.69) is 15.4 Å². The number of carbonyl (C=O) groups excluding carboxylic acids is 2. The van der Waals surface area contributed by atoms with Crippen LogP contribution in [0.3, 0.4) is 0 Å². The van der Waals surface area contributed by atoms with Crippen molar-refractivity contribution >= 4 is 28.4 Å². The van der Waals surface area contributed by atoms with Gasteiger partial charge in [0.1, 0.15) is 11.5 Å². The minimum atomic E-state index is -0.633. The van der Waals surface area contributed by atoms with Gasteiger partial charge < -0.3 is 19.5 Å². The lowest BCUT2D eigenvalue weighted by Crippen LogP contribution is -2.25. The van der Waals surface area contributed by atoms with Gasteiger partial charge in [0.15, 0.2) is 17.2 Å². The molecule has 0 aliphatic rings. The van der Waals surface area contributed by atoms with E-state index in [0.29, 0.717) is 51.7 Å². The Morgan fingerprint density at radius 2 is 1.74 bits per heavy atom. The maximum absolute atomic E-state index is 12.9. The number of methoxy groups -OCH3 is 1. The van der Waals surface area contributed by atoms with Crippen LogP contribution in [-0.2, 0) is 4.79 Å². The van der Waals surface area contributed by atoms with Crippen molar-refractivity contribution in [3.05, 3.63) is 107 Å². The van der Waals surface area contributed by atoms with Crippen LogP contribution in [0.25, 0.3) is 16.6 Å². The first-order valence-corrected chi connectivity index (χ1v) is 13.2. The predicted molar refractivity (Wildman–Crippen MR) is 157 cm³/mol. The number of anilines is 1. The molecule has 2 heterocycles. The SMILES string of the molecule is COc1cc2c(Oc3ccc(NC(=O)c4nn(-c5ccccc5)ccc4=O)cc3)ccnc2cc1OCCCC(=O)NO. The number of rotatable bonds is 11. The molecule has 3 N–H and O–H groups in total. The number of benzene rings is 3. The lowest BCUT2D eigenvalue weighted by molar-refractivity contribution is -0.129. The Morgan fingerprint density at radius 1 is 0.953 bits per heavy atom. The number of ether oxygens (including phenoxy) is 3. The van der Waals surface area contributed by atoms with Crippen LogP contribution in [0.5, 0.6) is 23.0 Å². The molecule has 0 saturated heterocycles. The molecule has 3 aromatic carbocycles. The maximum atomic E-state index is 12.9. The molecule has 0 unspecified atom stereocenters. The van der Waals surface area contributed by atoms with Crippen LogP contribution >= 0.6 is 0 Å². The molecule has 0 spiro atoms. The summed E-state index contributed by atoms with van der Waals surface area (Å²) in [5, 5.41) is 16.2. The third-order valence-corrected chi connectivity index (χ3v) is 6.30. The van der Waals surface area contributed by atoms with E-state index in [9.17, 15) is 14.4 Å². The van der Waals surface area contributed by atoms with E-state index < -0.39 is 17.2 Å². The second-order valence-corrected chi connectivity index (χ2v) is 9.21. The summed E-state index contributed by atoms with van der Waals surface area (Å²) < 4.78 is 18.8. The minimum absolute atomic E-state index is 0.113. The zero-order valence-electron chi connectivity index (χ0n) is 23.0. The van der Waals surface area contributed by atoms with Gasteiger partial charge in [-0.2, -0.15) is 5.10 Å². The number of nitrogens with one attached hydrogen (secondary N) is 2. The van der Waals surface area contributed by atoms with Crippen molar-refractivity contribution in [2.45, 2.75) is 12.8 Å². The number of aromatic nitrogens is 3. The fourth-order valence-corrected chi connectivity index (χ4v) is 4.17. The Morgan fingerprint density at radius 3 is 2.49 bits per heavy atom. The molecule has 0 aliphatic carbocycles. The molecule has 0 saturated carbocycles. The summed E-state index contributed by atoms with van der Waals surface area (Å²) in [5.41, 5.74) is 2.63. The molecule has 0 aliphatic heterocycles. The molecular weight excluding hydrogens is 554 g/mol. The smallest absolute Gasteiger partial charge is 0.280 e. The molecule has 5 rings (SSSR count). The Labute approximate surface area is 245 Å². The van der Waals surface area contributed by atoms with Gasteiger partial charge in [-0.15, -0.1) is 0 Å². The summed E-state index contributed by atoms with van der Waals surface area (Å²) in [6.07, 6.45) is 3.62. The number of hydroxylamine groups is 1. The molecule has 0 fully saturated rings. The van der Waals surface area contributed by atoms with Gasteiger partial charge in [-0.05, 0) is 55.0 Å². The van der Waals surface area contributed by atoms with Crippen LogP contribution < -0.4 is 30.4 Å². The Kier molecular flexibility index (Phi) is 8.88. The van der Waals surface area contributed by atoms with Gasteiger partial charge in [0, 0.05) is 42.0 Å². The quantitative estimate of drug-likeness (QED) is 0.116. The molecule has 0 bridgehead atoms. The van der Waals surface area contributed by atoms with Crippen molar-refractivity contribution in [2.75, 3.05) is 19.0 Å². The van der Waals surface area contributed by atoms with Crippen LogP contribution in [0, 0.1) is 0 Å². The molecule has 2 amide bonds. The highest BCUT2D eigenvalue weighted by molar-refractivity contribution is 6.02. The number of pyridine rings is 1. The van der Waals surface area contributed by atoms with Crippen LogP contribution in [0.4, 0.5) is 5.69 Å². The summed E-state index contributed by atoms with van der Waals surface area (Å²) in [7, 11) is 1.51. The number of hydrogen-bond donors (Lipinski definition) is 3. The summed E-state index contributed by atoms with van der Waals surface area (Å²) >= 11 is 0. The van der Waals surface area contributed by atoms with Crippen molar-refractivity contribution in [3.8, 4) is 28.7 Å². The van der Waals surface area contributed by atoms with Gasteiger partial charge in [-0.25, -0.2) is 10.2 Å². The van der Waals surface area contributed by atoms with Crippen LogP contribution in [0.15, 0.2) is 96.1 Å². The largest absolute Gasteiger partial charge is 0.493 e. The van der Waals surface area contributed by atoms with E-state index in [-0.39, 0.29) is 18.7 Å². The number of fused-ring (bicyclic) bond motifs is 1. The van der Waals surface area contributed by atoms with E-state index >= 15 is 0 Å². The topological polar surface area (TPSA) is 154 Å². The molecule has 5 aromatic rings. The standard InChI is InChI=1S/C31H27N5O7/c1-41-27-18-23-24(19-28(27)42-17-5-8-29(38)35-40)32-15-13-26(23)43-22-11-9-20(10-12-22)33-31(39)30-25(37)14-16-36(34-30)21-6-3-2-4-7-21/h2-4,6-7,9-16,18-19,40H,5,8,17H2,1H3,(H,33,39)(H,35,38). The van der Waals surface area contributed by atoms with E-state index in [0.717, 1.165) is 0 Å². The summed E-state index contributed by atoms with van der Waals surface area (Å²) in [5.74, 6) is 0.793. The third-order valence-electron chi connectivity index (χ3n) is 6.30. The van der Waals surface area contributed by atoms with Gasteiger partial charge >= 0.3 is 0 Å². The Balaban J connectivity index is 1.28. The van der Waals surface area contributed by atoms with Crippen LogP contribution in [0.2, 0.25) is 0 Å². The third kappa shape index (κ3) is 6.94. The van der Waals surface area contributed by atoms with Crippen molar-refractivity contribution in [1.82, 2.24) is 20.2 Å². The number of amides is 2. The molecule has 0 atom stereocenters. The number of para-hydroxylation sites is 1. The molecular formula is C31H27N5O7. The van der Waals surface area contributed by atoms with Gasteiger partial charge in [0.25, 0.3) is 5.91 Å². The molecule has 218 valence electrons. The summed E-state index contributed by atoms with van der Waals surface area (Å²) in [6, 6.07) is 22.3. The molecule has 43 heavy (non-hydrogen) atoms. The number of nitrogens with zero attached hydrogens (tertiary/aromatic N) is 3. The van der Waals surface area contributed by atoms with E-state index in [1.54, 1.807) is 54.1 Å². The van der Waals surface area contributed by atoms with Gasteiger partial charge in [-0.1, -0.05) is 18.2 Å². The molecule has 12 nitrogen and oxygen atoms in total. The zero-order chi connectivity index (χ0) is 30.2. The van der Waals surface area contributed by atoms with Gasteiger partial charge in [-0.3, -0.25) is 24.6 Å². The van der Waals surface area contributed by atoms with Crippen LogP contribution in [0.1, 0.15) is 23.3 Å². The molecule has 12 heteroatoms. The van der Waals surface area contributed by atoms with E-state index in [1.165, 1.54) is 24.1 Å². The normalized spacial score (nSPS) is 10.7. The molecule has 0 radical (unpaired) electrons. The van der Waals surface area contributed by atoms with Gasteiger partial charge in [0.2, 0.25) is 11.3 Å². The predicted octanol–water partition coefficient (Wildman–Crippen LogP) is 4.50. The molecule has 2 aromatic heterocycles. The fourth-order valence-electron chi connectivity index (χ4n) is 4.17. The highest BCUT2D eigenvalue weighted by Crippen LogP contribution is 2.37. The lowest BCUT2D eigenvalue weighted by Gasteiger charge is -2.14. The van der Waals surface area contributed by atoms with Gasteiger partial charge in [0.05, 0.1) is 24.9 Å². The first kappa shape index (κ1) is 28.8. The average molecular weight is 582 g/mol. The minimum Gasteiger partial charge on any atom is -0.493 e. The maximum Gasteiger partial charge on any atom is 0.280 e. The van der Waals surface area contributed by atoms with E-state index in [1.807, 2.05) is 30.3 Å². The Bertz CT molecular complexity index is 1810. The number of hydrogen-bond acceptors (Lipinski definition) is 9. The van der Waals surface area contributed by atoms with Crippen molar-refractivity contribution in [1.29, 1.82) is 0 Å². The van der Waals surface area contributed by atoms with Crippen LogP contribution in [-0.4, -0.2) is 45.5 Å². The first-order valence-electron chi connectivity index (χ1n) is 13.2. The highest BCUT2D eigenvalue weighted by atomic mass is 16.5.